The lowest BCUT2D eigenvalue weighted by molar-refractivity contribution is -0.115. The maximum atomic E-state index is 12.5. The van der Waals surface area contributed by atoms with Gasteiger partial charge in [0, 0.05) is 36.3 Å². The Hall–Kier alpha value is -2.54. The fourth-order valence-electron chi connectivity index (χ4n) is 3.76. The van der Waals surface area contributed by atoms with Crippen molar-refractivity contribution in [2.24, 2.45) is 0 Å². The molecule has 3 aromatic rings. The normalized spacial score (nSPS) is 15.0. The average molecular weight is 450 g/mol. The summed E-state index contributed by atoms with van der Waals surface area (Å²) in [6.07, 6.45) is 0.269. The highest BCUT2D eigenvalue weighted by Crippen LogP contribution is 2.26. The lowest BCUT2D eigenvalue weighted by Gasteiger charge is -2.26. The third kappa shape index (κ3) is 6.03. The van der Waals surface area contributed by atoms with E-state index in [1.165, 1.54) is 11.1 Å². The van der Waals surface area contributed by atoms with Gasteiger partial charge in [-0.05, 0) is 34.7 Å². The molecule has 0 spiro atoms. The standard InChI is InChI=1S/C26H31N3O2S/c1-26(2,3)21-7-9-22(10-8-21)27-24(30)16-23-18-32-25(28-23)20-6-4-5-19(15-20)17-29-11-13-31-14-12-29/h4-10,15,18H,11-14,16-17H2,1-3H3,(H,27,30). The number of aromatic nitrogens is 1. The van der Waals surface area contributed by atoms with Gasteiger partial charge in [-0.2, -0.15) is 0 Å². The fourth-order valence-corrected chi connectivity index (χ4v) is 4.58. The van der Waals surface area contributed by atoms with Gasteiger partial charge in [0.1, 0.15) is 5.01 Å². The minimum Gasteiger partial charge on any atom is -0.379 e. The van der Waals surface area contributed by atoms with Gasteiger partial charge in [-0.1, -0.05) is 51.1 Å². The van der Waals surface area contributed by atoms with Crippen LogP contribution >= 0.6 is 11.3 Å². The average Bonchev–Trinajstić information content (AvgIpc) is 3.23. The molecule has 1 amide bonds. The first-order valence-electron chi connectivity index (χ1n) is 11.1. The number of hydrogen-bond acceptors (Lipinski definition) is 5. The van der Waals surface area contributed by atoms with E-state index < -0.39 is 0 Å². The zero-order valence-corrected chi connectivity index (χ0v) is 19.9. The van der Waals surface area contributed by atoms with Gasteiger partial charge in [-0.3, -0.25) is 9.69 Å². The monoisotopic (exact) mass is 449 g/mol. The molecule has 2 heterocycles. The maximum Gasteiger partial charge on any atom is 0.230 e. The number of anilines is 1. The molecule has 0 atom stereocenters. The van der Waals surface area contributed by atoms with Crippen LogP contribution in [-0.4, -0.2) is 42.1 Å². The molecule has 1 fully saturated rings. The molecule has 0 radical (unpaired) electrons. The molecule has 1 N–H and O–H groups in total. The highest BCUT2D eigenvalue weighted by atomic mass is 32.1. The first-order valence-corrected chi connectivity index (χ1v) is 12.0. The molecule has 2 aromatic carbocycles. The Labute approximate surface area is 194 Å². The summed E-state index contributed by atoms with van der Waals surface area (Å²) in [7, 11) is 0. The van der Waals surface area contributed by atoms with E-state index in [1.807, 2.05) is 17.5 Å². The van der Waals surface area contributed by atoms with Crippen LogP contribution in [0.3, 0.4) is 0 Å². The largest absolute Gasteiger partial charge is 0.379 e. The van der Waals surface area contributed by atoms with Crippen molar-refractivity contribution in [3.05, 3.63) is 70.7 Å². The second-order valence-corrected chi connectivity index (χ2v) is 10.1. The zero-order valence-electron chi connectivity index (χ0n) is 19.1. The van der Waals surface area contributed by atoms with Crippen molar-refractivity contribution in [3.63, 3.8) is 0 Å². The third-order valence-corrected chi connectivity index (χ3v) is 6.55. The Morgan fingerprint density at radius 1 is 1.12 bits per heavy atom. The summed E-state index contributed by atoms with van der Waals surface area (Å²) in [5.41, 5.74) is 5.33. The number of carbonyl (C=O) groups is 1. The summed E-state index contributed by atoms with van der Waals surface area (Å²) in [4.78, 5) is 19.7. The molecule has 6 heteroatoms. The molecule has 4 rings (SSSR count). The molecule has 0 unspecified atom stereocenters. The summed E-state index contributed by atoms with van der Waals surface area (Å²) in [5, 5.41) is 5.91. The van der Waals surface area contributed by atoms with Crippen LogP contribution in [-0.2, 0) is 27.9 Å². The summed E-state index contributed by atoms with van der Waals surface area (Å²) < 4.78 is 5.44. The van der Waals surface area contributed by atoms with Crippen molar-refractivity contribution in [1.29, 1.82) is 0 Å². The number of benzene rings is 2. The van der Waals surface area contributed by atoms with Crippen LogP contribution in [0.5, 0.6) is 0 Å². The first kappa shape index (κ1) is 22.6. The molecular weight excluding hydrogens is 418 g/mol. The van der Waals surface area contributed by atoms with Crippen molar-refractivity contribution < 1.29 is 9.53 Å². The van der Waals surface area contributed by atoms with Crippen molar-refractivity contribution >= 4 is 22.9 Å². The molecule has 1 aliphatic heterocycles. The van der Waals surface area contributed by atoms with Gasteiger partial charge in [0.15, 0.2) is 0 Å². The predicted molar refractivity (Wildman–Crippen MR) is 131 cm³/mol. The lowest BCUT2D eigenvalue weighted by atomic mass is 9.87. The van der Waals surface area contributed by atoms with Crippen LogP contribution in [0.15, 0.2) is 53.9 Å². The molecule has 0 aliphatic carbocycles. The molecule has 5 nitrogen and oxygen atoms in total. The number of hydrogen-bond donors (Lipinski definition) is 1. The maximum absolute atomic E-state index is 12.5. The van der Waals surface area contributed by atoms with Crippen LogP contribution < -0.4 is 5.32 Å². The smallest absolute Gasteiger partial charge is 0.230 e. The summed E-state index contributed by atoms with van der Waals surface area (Å²) in [6, 6.07) is 16.6. The number of rotatable bonds is 6. The molecule has 0 bridgehead atoms. The quantitative estimate of drug-likeness (QED) is 0.567. The molecule has 168 valence electrons. The number of nitrogens with zero attached hydrogens (tertiary/aromatic N) is 2. The Kier molecular flexibility index (Phi) is 7.04. The van der Waals surface area contributed by atoms with Crippen LogP contribution in [0.2, 0.25) is 0 Å². The number of ether oxygens (including phenoxy) is 1. The predicted octanol–water partition coefficient (Wildman–Crippen LogP) is 5.12. The van der Waals surface area contributed by atoms with E-state index in [-0.39, 0.29) is 17.7 Å². The highest BCUT2D eigenvalue weighted by molar-refractivity contribution is 7.13. The van der Waals surface area contributed by atoms with Crippen molar-refractivity contribution in [3.8, 4) is 10.6 Å². The zero-order chi connectivity index (χ0) is 22.6. The van der Waals surface area contributed by atoms with Crippen molar-refractivity contribution in [2.75, 3.05) is 31.6 Å². The van der Waals surface area contributed by atoms with Gasteiger partial charge in [0.05, 0.1) is 25.3 Å². The van der Waals surface area contributed by atoms with Gasteiger partial charge in [-0.25, -0.2) is 4.98 Å². The van der Waals surface area contributed by atoms with Crippen LogP contribution in [0, 0.1) is 0 Å². The summed E-state index contributed by atoms with van der Waals surface area (Å²) in [5.74, 6) is -0.0496. The summed E-state index contributed by atoms with van der Waals surface area (Å²) >= 11 is 1.59. The molecule has 1 saturated heterocycles. The van der Waals surface area contributed by atoms with E-state index >= 15 is 0 Å². The lowest BCUT2D eigenvalue weighted by Crippen LogP contribution is -2.35. The van der Waals surface area contributed by atoms with Crippen LogP contribution in [0.1, 0.15) is 37.6 Å². The van der Waals surface area contributed by atoms with E-state index in [9.17, 15) is 4.79 Å². The minimum absolute atomic E-state index is 0.0496. The van der Waals surface area contributed by atoms with E-state index in [0.29, 0.717) is 0 Å². The Morgan fingerprint density at radius 3 is 2.59 bits per heavy atom. The molecule has 32 heavy (non-hydrogen) atoms. The Morgan fingerprint density at radius 2 is 1.88 bits per heavy atom. The second-order valence-electron chi connectivity index (χ2n) is 9.29. The SMILES string of the molecule is CC(C)(C)c1ccc(NC(=O)Cc2csc(-c3cccc(CN4CCOCC4)c3)n2)cc1. The molecule has 1 aliphatic rings. The molecule has 0 saturated carbocycles. The van der Waals surface area contributed by atoms with Gasteiger partial charge < -0.3 is 10.1 Å². The van der Waals surface area contributed by atoms with Gasteiger partial charge >= 0.3 is 0 Å². The minimum atomic E-state index is -0.0496. The Balaban J connectivity index is 1.36. The van der Waals surface area contributed by atoms with E-state index in [4.69, 9.17) is 9.72 Å². The molecule has 1 aromatic heterocycles. The number of nitrogens with one attached hydrogen (secondary N) is 1. The van der Waals surface area contributed by atoms with E-state index in [2.05, 4.69) is 67.4 Å². The highest BCUT2D eigenvalue weighted by Gasteiger charge is 2.15. The van der Waals surface area contributed by atoms with E-state index in [1.54, 1.807) is 11.3 Å². The number of morpholine rings is 1. The first-order chi connectivity index (χ1) is 15.4. The summed E-state index contributed by atoms with van der Waals surface area (Å²) in [6.45, 7) is 11.0. The Bertz CT molecular complexity index is 1050. The van der Waals surface area contributed by atoms with Crippen LogP contribution in [0.25, 0.3) is 10.6 Å². The molecular formula is C26H31N3O2S. The second kappa shape index (κ2) is 9.94. The van der Waals surface area contributed by atoms with Crippen molar-refractivity contribution in [1.82, 2.24) is 9.88 Å². The van der Waals surface area contributed by atoms with Crippen molar-refractivity contribution in [2.45, 2.75) is 39.2 Å². The van der Waals surface area contributed by atoms with Gasteiger partial charge in [0.25, 0.3) is 0 Å². The number of thiazole rings is 1. The van der Waals surface area contributed by atoms with Crippen LogP contribution in [0.4, 0.5) is 5.69 Å². The topological polar surface area (TPSA) is 54.5 Å². The van der Waals surface area contributed by atoms with Gasteiger partial charge in [-0.15, -0.1) is 11.3 Å². The fraction of sp³-hybridized carbons (Fsp3) is 0.385. The third-order valence-electron chi connectivity index (χ3n) is 5.61. The van der Waals surface area contributed by atoms with E-state index in [0.717, 1.165) is 54.8 Å². The van der Waals surface area contributed by atoms with Gasteiger partial charge in [0.2, 0.25) is 5.91 Å². The number of amides is 1. The number of carbonyl (C=O) groups excluding carboxylic acids is 1.